The van der Waals surface area contributed by atoms with E-state index in [-0.39, 0.29) is 25.4 Å². The molecular formula is C31H28F6N2O3. The van der Waals surface area contributed by atoms with Gasteiger partial charge in [0, 0.05) is 19.6 Å². The highest BCUT2D eigenvalue weighted by Crippen LogP contribution is 2.43. The number of anilines is 2. The van der Waals surface area contributed by atoms with E-state index >= 15 is 0 Å². The van der Waals surface area contributed by atoms with Crippen LogP contribution < -0.4 is 24.0 Å². The fourth-order valence-corrected chi connectivity index (χ4v) is 5.37. The molecule has 1 aliphatic rings. The Morgan fingerprint density at radius 2 is 1.45 bits per heavy atom. The van der Waals surface area contributed by atoms with Gasteiger partial charge in [-0.3, -0.25) is 0 Å². The number of methoxy groups -OCH3 is 2. The normalized spacial score (nSPS) is 15.5. The molecule has 0 aromatic heterocycles. The second kappa shape index (κ2) is 11.5. The van der Waals surface area contributed by atoms with E-state index in [1.807, 2.05) is 35.2 Å². The van der Waals surface area contributed by atoms with Crippen LogP contribution >= 0.6 is 0 Å². The number of ether oxygens (including phenoxy) is 3. The average Bonchev–Trinajstić information content (AvgIpc) is 2.94. The van der Waals surface area contributed by atoms with Crippen LogP contribution in [0.15, 0.2) is 78.9 Å². The van der Waals surface area contributed by atoms with Crippen LogP contribution in [0.2, 0.25) is 0 Å². The lowest BCUT2D eigenvalue weighted by Gasteiger charge is -2.45. The van der Waals surface area contributed by atoms with Crippen LogP contribution in [0.3, 0.4) is 0 Å². The van der Waals surface area contributed by atoms with Crippen molar-refractivity contribution in [3.8, 4) is 17.2 Å². The first-order valence-corrected chi connectivity index (χ1v) is 13.1. The molecule has 0 saturated heterocycles. The van der Waals surface area contributed by atoms with Crippen molar-refractivity contribution < 1.29 is 40.6 Å². The summed E-state index contributed by atoms with van der Waals surface area (Å²) in [7, 11) is 3.06. The van der Waals surface area contributed by atoms with Gasteiger partial charge in [0.2, 0.25) is 0 Å². The summed E-state index contributed by atoms with van der Waals surface area (Å²) >= 11 is 0. The van der Waals surface area contributed by atoms with Crippen molar-refractivity contribution in [2.75, 3.05) is 37.1 Å². The molecule has 222 valence electrons. The third-order valence-electron chi connectivity index (χ3n) is 7.19. The minimum Gasteiger partial charge on any atom is -0.493 e. The van der Waals surface area contributed by atoms with Gasteiger partial charge in [-0.05, 0) is 64.4 Å². The van der Waals surface area contributed by atoms with Gasteiger partial charge >= 0.3 is 12.5 Å². The lowest BCUT2D eigenvalue weighted by molar-refractivity contribution is -0.274. The standard InChI is InChI=1S/C31H28F6N2O3/c1-40-28-16-21-10-11-22(15-23(21)17-29(28)41-2)27-19-38(18-20-6-5-7-24(14-20)42-31(35,36)37)25-8-3-4-9-26(25)39(27)13-12-30(32,33)34/h3-11,14-17,27H,12-13,18-19H2,1-2H3/t27-/m0/s1. The molecule has 0 spiro atoms. The van der Waals surface area contributed by atoms with E-state index < -0.39 is 25.0 Å². The minimum atomic E-state index is -4.83. The van der Waals surface area contributed by atoms with Gasteiger partial charge in [0.1, 0.15) is 5.75 Å². The van der Waals surface area contributed by atoms with Gasteiger partial charge in [0.05, 0.1) is 38.1 Å². The lowest BCUT2D eigenvalue weighted by atomic mass is 9.96. The molecule has 0 amide bonds. The van der Waals surface area contributed by atoms with E-state index in [2.05, 4.69) is 4.74 Å². The quantitative estimate of drug-likeness (QED) is 0.193. The molecule has 1 atom stereocenters. The molecule has 4 aromatic carbocycles. The first kappa shape index (κ1) is 29.2. The van der Waals surface area contributed by atoms with Crippen molar-refractivity contribution in [3.05, 3.63) is 90.0 Å². The summed E-state index contributed by atoms with van der Waals surface area (Å²) in [5, 5.41) is 1.69. The number of hydrogen-bond acceptors (Lipinski definition) is 5. The van der Waals surface area contributed by atoms with Crippen molar-refractivity contribution >= 4 is 22.1 Å². The molecular weight excluding hydrogens is 562 g/mol. The number of hydrogen-bond donors (Lipinski definition) is 0. The van der Waals surface area contributed by atoms with E-state index in [9.17, 15) is 26.3 Å². The highest BCUT2D eigenvalue weighted by molar-refractivity contribution is 5.87. The molecule has 0 saturated carbocycles. The SMILES string of the molecule is COc1cc2ccc([C@@H]3CN(Cc4cccc(OC(F)(F)F)c4)c4ccccc4N3CCC(F)(F)F)cc2cc1OC. The van der Waals surface area contributed by atoms with Crippen molar-refractivity contribution in [3.63, 3.8) is 0 Å². The topological polar surface area (TPSA) is 34.2 Å². The van der Waals surface area contributed by atoms with Crippen molar-refractivity contribution in [1.82, 2.24) is 0 Å². The molecule has 0 fully saturated rings. The zero-order valence-corrected chi connectivity index (χ0v) is 22.8. The molecule has 0 bridgehead atoms. The first-order chi connectivity index (χ1) is 19.9. The Morgan fingerprint density at radius 1 is 0.762 bits per heavy atom. The van der Waals surface area contributed by atoms with Crippen LogP contribution in [0.4, 0.5) is 37.7 Å². The monoisotopic (exact) mass is 590 g/mol. The molecule has 0 aliphatic carbocycles. The molecule has 4 aromatic rings. The molecule has 11 heteroatoms. The molecule has 0 radical (unpaired) electrons. The summed E-state index contributed by atoms with van der Waals surface area (Å²) in [6.07, 6.45) is -10.2. The number of nitrogens with zero attached hydrogens (tertiary/aromatic N) is 2. The summed E-state index contributed by atoms with van der Waals surface area (Å²) in [6.45, 7) is 0.240. The third kappa shape index (κ3) is 6.61. The van der Waals surface area contributed by atoms with Gasteiger partial charge in [-0.1, -0.05) is 36.4 Å². The Hall–Kier alpha value is -4.28. The fraction of sp³-hybridized carbons (Fsp3) is 0.290. The highest BCUT2D eigenvalue weighted by atomic mass is 19.4. The fourth-order valence-electron chi connectivity index (χ4n) is 5.37. The summed E-state index contributed by atoms with van der Waals surface area (Å²) in [4.78, 5) is 3.72. The van der Waals surface area contributed by atoms with Gasteiger partial charge < -0.3 is 24.0 Å². The lowest BCUT2D eigenvalue weighted by Crippen LogP contribution is -2.44. The number of benzene rings is 4. The second-order valence-electron chi connectivity index (χ2n) is 9.95. The molecule has 1 heterocycles. The maximum absolute atomic E-state index is 13.4. The molecule has 1 aliphatic heterocycles. The Balaban J connectivity index is 1.55. The van der Waals surface area contributed by atoms with Crippen LogP contribution in [0.25, 0.3) is 10.8 Å². The van der Waals surface area contributed by atoms with Crippen LogP contribution in [0.5, 0.6) is 17.2 Å². The maximum atomic E-state index is 13.4. The number of fused-ring (bicyclic) bond motifs is 2. The number of para-hydroxylation sites is 2. The van der Waals surface area contributed by atoms with Gasteiger partial charge in [-0.15, -0.1) is 13.2 Å². The summed E-state index contributed by atoms with van der Waals surface area (Å²) in [5.74, 6) is 0.735. The van der Waals surface area contributed by atoms with E-state index in [0.29, 0.717) is 28.4 Å². The smallest absolute Gasteiger partial charge is 0.493 e. The molecule has 0 unspecified atom stereocenters. The maximum Gasteiger partial charge on any atom is 0.573 e. The molecule has 0 N–H and O–H groups in total. The van der Waals surface area contributed by atoms with Gasteiger partial charge in [-0.25, -0.2) is 0 Å². The third-order valence-corrected chi connectivity index (χ3v) is 7.19. The van der Waals surface area contributed by atoms with Crippen molar-refractivity contribution in [1.29, 1.82) is 0 Å². The van der Waals surface area contributed by atoms with Crippen molar-refractivity contribution in [2.24, 2.45) is 0 Å². The Labute approximate surface area is 238 Å². The average molecular weight is 591 g/mol. The van der Waals surface area contributed by atoms with Crippen LogP contribution in [0, 0.1) is 0 Å². The Kier molecular flexibility index (Phi) is 8.03. The van der Waals surface area contributed by atoms with E-state index in [0.717, 1.165) is 16.3 Å². The van der Waals surface area contributed by atoms with Gasteiger partial charge in [-0.2, -0.15) is 13.2 Å². The Morgan fingerprint density at radius 3 is 2.12 bits per heavy atom. The van der Waals surface area contributed by atoms with E-state index in [4.69, 9.17) is 9.47 Å². The molecule has 5 nitrogen and oxygen atoms in total. The zero-order chi connectivity index (χ0) is 30.1. The van der Waals surface area contributed by atoms with Crippen LogP contribution in [-0.2, 0) is 6.54 Å². The molecule has 42 heavy (non-hydrogen) atoms. The number of halogens is 6. The summed E-state index contributed by atoms with van der Waals surface area (Å²) in [5.41, 5.74) is 2.63. The van der Waals surface area contributed by atoms with E-state index in [1.54, 1.807) is 35.2 Å². The van der Waals surface area contributed by atoms with Gasteiger partial charge in [0.25, 0.3) is 0 Å². The predicted octanol–water partition coefficient (Wildman–Crippen LogP) is 8.28. The van der Waals surface area contributed by atoms with E-state index in [1.165, 1.54) is 32.4 Å². The van der Waals surface area contributed by atoms with Crippen LogP contribution in [-0.4, -0.2) is 39.8 Å². The first-order valence-electron chi connectivity index (χ1n) is 13.1. The number of alkyl halides is 6. The second-order valence-corrected chi connectivity index (χ2v) is 9.95. The van der Waals surface area contributed by atoms with Crippen LogP contribution in [0.1, 0.15) is 23.6 Å². The van der Waals surface area contributed by atoms with Gasteiger partial charge in [0.15, 0.2) is 11.5 Å². The minimum absolute atomic E-state index is 0.217. The predicted molar refractivity (Wildman–Crippen MR) is 148 cm³/mol. The largest absolute Gasteiger partial charge is 0.573 e. The summed E-state index contributed by atoms with van der Waals surface area (Å²) < 4.78 is 93.8. The van der Waals surface area contributed by atoms with Crippen molar-refractivity contribution in [2.45, 2.75) is 31.5 Å². The Bertz CT molecular complexity index is 1560. The summed E-state index contributed by atoms with van der Waals surface area (Å²) in [6, 6.07) is 21.7. The number of rotatable bonds is 8. The highest BCUT2D eigenvalue weighted by Gasteiger charge is 2.36. The molecule has 5 rings (SSSR count). The zero-order valence-electron chi connectivity index (χ0n) is 22.8.